The number of primary amides is 1. The zero-order valence-corrected chi connectivity index (χ0v) is 12.6. The first kappa shape index (κ1) is 15.4. The van der Waals surface area contributed by atoms with Crippen molar-refractivity contribution < 1.29 is 14.3 Å². The quantitative estimate of drug-likeness (QED) is 0.843. The minimum absolute atomic E-state index is 0.261. The van der Waals surface area contributed by atoms with Gasteiger partial charge in [0.1, 0.15) is 17.5 Å². The largest absolute Gasteiger partial charge is 0.470 e. The van der Waals surface area contributed by atoms with Gasteiger partial charge in [-0.3, -0.25) is 4.79 Å². The second-order valence-corrected chi connectivity index (χ2v) is 5.96. The normalized spacial score (nSPS) is 19.4. The van der Waals surface area contributed by atoms with Crippen molar-refractivity contribution in [1.29, 1.82) is 0 Å². The number of amides is 1. The summed E-state index contributed by atoms with van der Waals surface area (Å²) in [5.41, 5.74) is 11.4. The Morgan fingerprint density at radius 2 is 2.19 bits per heavy atom. The molecule has 7 heteroatoms. The third kappa shape index (κ3) is 3.75. The summed E-state index contributed by atoms with van der Waals surface area (Å²) in [4.78, 5) is 17.8. The first-order valence-corrected chi connectivity index (χ1v) is 6.87. The molecule has 1 aromatic rings. The van der Waals surface area contributed by atoms with Crippen LogP contribution in [-0.4, -0.2) is 42.3 Å². The number of carbonyl (C=O) groups excluding carboxylic acids is 1. The predicted molar refractivity (Wildman–Crippen MR) is 80.2 cm³/mol. The van der Waals surface area contributed by atoms with Crippen LogP contribution < -0.4 is 21.1 Å². The summed E-state index contributed by atoms with van der Waals surface area (Å²) in [6, 6.07) is 2.95. The Bertz CT molecular complexity index is 527. The number of carbonyl (C=O) groups is 1. The van der Waals surface area contributed by atoms with Crippen LogP contribution in [0.1, 0.15) is 20.8 Å². The fourth-order valence-corrected chi connectivity index (χ4v) is 2.09. The number of hydrogen-bond donors (Lipinski definition) is 2. The van der Waals surface area contributed by atoms with E-state index in [0.717, 1.165) is 0 Å². The van der Waals surface area contributed by atoms with Gasteiger partial charge in [0.05, 0.1) is 18.9 Å². The number of pyridine rings is 1. The average molecular weight is 294 g/mol. The standard InChI is InChI=1S/C14H22N4O3/c1-14(2,3)21-13-9(15)4-5-11(17-13)18-6-7-20-8-10(18)12(16)19/h4-5,10H,6-8,15H2,1-3H3,(H2,16,19). The molecule has 0 spiro atoms. The van der Waals surface area contributed by atoms with Crippen molar-refractivity contribution in [2.75, 3.05) is 30.4 Å². The fraction of sp³-hybridized carbons (Fsp3) is 0.571. The monoisotopic (exact) mass is 294 g/mol. The molecule has 1 aliphatic heterocycles. The molecule has 1 fully saturated rings. The van der Waals surface area contributed by atoms with Gasteiger partial charge in [-0.15, -0.1) is 0 Å². The molecule has 21 heavy (non-hydrogen) atoms. The molecule has 1 saturated heterocycles. The molecule has 0 bridgehead atoms. The molecule has 1 unspecified atom stereocenters. The summed E-state index contributed by atoms with van der Waals surface area (Å²) in [5.74, 6) is 0.525. The van der Waals surface area contributed by atoms with Crippen LogP contribution in [0.3, 0.4) is 0 Å². The average Bonchev–Trinajstić information content (AvgIpc) is 2.40. The van der Waals surface area contributed by atoms with Gasteiger partial charge in [-0.25, -0.2) is 0 Å². The first-order chi connectivity index (χ1) is 9.78. The Hall–Kier alpha value is -2.02. The molecule has 0 saturated carbocycles. The molecule has 116 valence electrons. The van der Waals surface area contributed by atoms with Crippen LogP contribution in [0, 0.1) is 0 Å². The highest BCUT2D eigenvalue weighted by molar-refractivity contribution is 5.83. The third-order valence-corrected chi connectivity index (χ3v) is 3.03. The highest BCUT2D eigenvalue weighted by Crippen LogP contribution is 2.27. The van der Waals surface area contributed by atoms with Crippen molar-refractivity contribution in [3.63, 3.8) is 0 Å². The Morgan fingerprint density at radius 1 is 1.48 bits per heavy atom. The van der Waals surface area contributed by atoms with Crippen molar-refractivity contribution in [2.24, 2.45) is 5.73 Å². The van der Waals surface area contributed by atoms with E-state index in [9.17, 15) is 4.79 Å². The van der Waals surface area contributed by atoms with Crippen LogP contribution in [0.5, 0.6) is 5.88 Å². The van der Waals surface area contributed by atoms with Crippen LogP contribution in [0.4, 0.5) is 11.5 Å². The van der Waals surface area contributed by atoms with Crippen LogP contribution >= 0.6 is 0 Å². The number of anilines is 2. The zero-order valence-electron chi connectivity index (χ0n) is 12.6. The van der Waals surface area contributed by atoms with Gasteiger partial charge in [0.15, 0.2) is 0 Å². The van der Waals surface area contributed by atoms with Gasteiger partial charge in [-0.2, -0.15) is 4.98 Å². The summed E-state index contributed by atoms with van der Waals surface area (Å²) < 4.78 is 11.1. The van der Waals surface area contributed by atoms with Crippen molar-refractivity contribution in [1.82, 2.24) is 4.98 Å². The summed E-state index contributed by atoms with van der Waals surface area (Å²) in [6.45, 7) is 7.08. The number of hydrogen-bond acceptors (Lipinski definition) is 6. The first-order valence-electron chi connectivity index (χ1n) is 6.87. The molecule has 0 aromatic carbocycles. The molecular formula is C14H22N4O3. The second kappa shape index (κ2) is 5.77. The van der Waals surface area contributed by atoms with E-state index >= 15 is 0 Å². The van der Waals surface area contributed by atoms with Crippen molar-refractivity contribution in [3.05, 3.63) is 12.1 Å². The van der Waals surface area contributed by atoms with E-state index in [1.165, 1.54) is 0 Å². The molecule has 0 aliphatic carbocycles. The van der Waals surface area contributed by atoms with E-state index in [2.05, 4.69) is 4.98 Å². The molecule has 1 amide bonds. The van der Waals surface area contributed by atoms with E-state index in [1.54, 1.807) is 12.1 Å². The van der Waals surface area contributed by atoms with E-state index < -0.39 is 17.6 Å². The molecule has 1 aromatic heterocycles. The Morgan fingerprint density at radius 3 is 2.81 bits per heavy atom. The smallest absolute Gasteiger partial charge is 0.242 e. The SMILES string of the molecule is CC(C)(C)Oc1nc(N2CCOCC2C(N)=O)ccc1N. The summed E-state index contributed by atoms with van der Waals surface area (Å²) >= 11 is 0. The molecule has 4 N–H and O–H groups in total. The lowest BCUT2D eigenvalue weighted by atomic mass is 10.2. The number of aromatic nitrogens is 1. The maximum atomic E-state index is 11.5. The minimum atomic E-state index is -0.530. The molecule has 2 heterocycles. The van der Waals surface area contributed by atoms with Gasteiger partial charge in [-0.05, 0) is 32.9 Å². The number of nitrogens with two attached hydrogens (primary N) is 2. The van der Waals surface area contributed by atoms with Crippen molar-refractivity contribution in [3.8, 4) is 5.88 Å². The summed E-state index contributed by atoms with van der Waals surface area (Å²) in [5, 5.41) is 0. The molecule has 7 nitrogen and oxygen atoms in total. The molecule has 2 rings (SSSR count). The Labute approximate surface area is 124 Å². The highest BCUT2D eigenvalue weighted by atomic mass is 16.5. The number of rotatable bonds is 3. The van der Waals surface area contributed by atoms with E-state index in [0.29, 0.717) is 30.5 Å². The van der Waals surface area contributed by atoms with Crippen LogP contribution in [0.2, 0.25) is 0 Å². The molecule has 1 atom stereocenters. The lowest BCUT2D eigenvalue weighted by Crippen LogP contribution is -2.53. The summed E-state index contributed by atoms with van der Waals surface area (Å²) in [6.07, 6.45) is 0. The fourth-order valence-electron chi connectivity index (χ4n) is 2.09. The summed E-state index contributed by atoms with van der Waals surface area (Å²) in [7, 11) is 0. The number of nitrogen functional groups attached to an aromatic ring is 1. The number of morpholine rings is 1. The van der Waals surface area contributed by atoms with Gasteiger partial charge in [-0.1, -0.05) is 0 Å². The third-order valence-electron chi connectivity index (χ3n) is 3.03. The van der Waals surface area contributed by atoms with Gasteiger partial charge in [0.2, 0.25) is 11.8 Å². The van der Waals surface area contributed by atoms with Gasteiger partial charge in [0.25, 0.3) is 0 Å². The molecule has 0 radical (unpaired) electrons. The van der Waals surface area contributed by atoms with Gasteiger partial charge >= 0.3 is 0 Å². The lowest BCUT2D eigenvalue weighted by Gasteiger charge is -2.34. The highest BCUT2D eigenvalue weighted by Gasteiger charge is 2.29. The van der Waals surface area contributed by atoms with E-state index in [4.69, 9.17) is 20.9 Å². The predicted octanol–water partition coefficient (Wildman–Crippen LogP) is 0.532. The van der Waals surface area contributed by atoms with E-state index in [1.807, 2.05) is 25.7 Å². The van der Waals surface area contributed by atoms with Crippen LogP contribution in [0.15, 0.2) is 12.1 Å². The Kier molecular flexibility index (Phi) is 4.22. The van der Waals surface area contributed by atoms with Crippen LogP contribution in [-0.2, 0) is 9.53 Å². The molecule has 1 aliphatic rings. The maximum absolute atomic E-state index is 11.5. The van der Waals surface area contributed by atoms with E-state index in [-0.39, 0.29) is 6.61 Å². The lowest BCUT2D eigenvalue weighted by molar-refractivity contribution is -0.121. The zero-order chi connectivity index (χ0) is 15.6. The van der Waals surface area contributed by atoms with Gasteiger partial charge < -0.3 is 25.8 Å². The van der Waals surface area contributed by atoms with Crippen molar-refractivity contribution in [2.45, 2.75) is 32.4 Å². The minimum Gasteiger partial charge on any atom is -0.470 e. The topological polar surface area (TPSA) is 104 Å². The van der Waals surface area contributed by atoms with Gasteiger partial charge in [0, 0.05) is 6.54 Å². The second-order valence-electron chi connectivity index (χ2n) is 5.96. The Balaban J connectivity index is 2.30. The molecular weight excluding hydrogens is 272 g/mol. The number of nitrogens with zero attached hydrogens (tertiary/aromatic N) is 2. The maximum Gasteiger partial charge on any atom is 0.242 e. The van der Waals surface area contributed by atoms with Crippen LogP contribution in [0.25, 0.3) is 0 Å². The van der Waals surface area contributed by atoms with Crippen molar-refractivity contribution >= 4 is 17.4 Å². The number of ether oxygens (including phenoxy) is 2.